The maximum absolute atomic E-state index is 11.0. The Morgan fingerprint density at radius 3 is 2.57 bits per heavy atom. The molecule has 5 nitrogen and oxygen atoms in total. The molecule has 0 aliphatic heterocycles. The van der Waals surface area contributed by atoms with Gasteiger partial charge in [0.1, 0.15) is 4.88 Å². The van der Waals surface area contributed by atoms with Gasteiger partial charge in [-0.15, -0.1) is 11.3 Å². The summed E-state index contributed by atoms with van der Waals surface area (Å²) in [4.78, 5) is 16.5. The summed E-state index contributed by atoms with van der Waals surface area (Å²) in [5, 5.41) is 13.5. The van der Waals surface area contributed by atoms with Crippen LogP contribution in [-0.4, -0.2) is 25.7 Å². The molecule has 0 radical (unpaired) electrons. The number of carboxylic acid groups (broad SMARTS) is 1. The Morgan fingerprint density at radius 2 is 1.87 bits per heavy atom. The van der Waals surface area contributed by atoms with E-state index in [9.17, 15) is 4.79 Å². The van der Waals surface area contributed by atoms with Crippen LogP contribution in [0.25, 0.3) is 27.3 Å². The first kappa shape index (κ1) is 13.7. The van der Waals surface area contributed by atoms with E-state index < -0.39 is 5.97 Å². The first-order chi connectivity index (χ1) is 11.2. The number of aromatic nitrogens is 3. The van der Waals surface area contributed by atoms with Gasteiger partial charge in [0.2, 0.25) is 0 Å². The summed E-state index contributed by atoms with van der Waals surface area (Å²) in [5.74, 6) is -0.893. The van der Waals surface area contributed by atoms with Crippen molar-refractivity contribution in [1.29, 1.82) is 0 Å². The van der Waals surface area contributed by atoms with Gasteiger partial charge in [-0.2, -0.15) is 5.10 Å². The molecule has 112 valence electrons. The van der Waals surface area contributed by atoms with E-state index in [4.69, 9.17) is 5.11 Å². The van der Waals surface area contributed by atoms with Gasteiger partial charge in [-0.3, -0.25) is 0 Å². The lowest BCUT2D eigenvalue weighted by molar-refractivity contribution is 0.0702. The lowest BCUT2D eigenvalue weighted by Crippen LogP contribution is -1.89. The fraction of sp³-hybridized carbons (Fsp3) is 0. The van der Waals surface area contributed by atoms with Crippen molar-refractivity contribution in [2.45, 2.75) is 0 Å². The van der Waals surface area contributed by atoms with Crippen molar-refractivity contribution in [3.05, 3.63) is 65.8 Å². The van der Waals surface area contributed by atoms with Crippen LogP contribution in [0.1, 0.15) is 9.67 Å². The van der Waals surface area contributed by atoms with Crippen molar-refractivity contribution in [1.82, 2.24) is 14.6 Å². The van der Waals surface area contributed by atoms with Crippen LogP contribution < -0.4 is 0 Å². The van der Waals surface area contributed by atoms with Crippen LogP contribution in [0.4, 0.5) is 0 Å². The molecule has 3 aromatic heterocycles. The molecule has 0 spiro atoms. The third-order valence-corrected chi connectivity index (χ3v) is 4.64. The smallest absolute Gasteiger partial charge is 0.345 e. The molecule has 0 fully saturated rings. The van der Waals surface area contributed by atoms with E-state index in [0.717, 1.165) is 27.3 Å². The molecule has 4 rings (SSSR count). The minimum atomic E-state index is -0.893. The number of hydrogen-bond donors (Lipinski definition) is 1. The lowest BCUT2D eigenvalue weighted by atomic mass is 10.1. The van der Waals surface area contributed by atoms with Gasteiger partial charge < -0.3 is 5.11 Å². The Bertz CT molecular complexity index is 969. The standard InChI is InChI=1S/C17H11N3O2S/c21-17(22)15-7-6-14(23-15)12-4-2-11(3-5-12)13-10-16-18-8-1-9-20(16)19-13/h1-10H,(H,21,22). The number of carbonyl (C=O) groups is 1. The van der Waals surface area contributed by atoms with Gasteiger partial charge in [-0.1, -0.05) is 24.3 Å². The summed E-state index contributed by atoms with van der Waals surface area (Å²) >= 11 is 1.27. The summed E-state index contributed by atoms with van der Waals surface area (Å²) in [7, 11) is 0. The van der Waals surface area contributed by atoms with Crippen LogP contribution in [0.5, 0.6) is 0 Å². The van der Waals surface area contributed by atoms with Gasteiger partial charge >= 0.3 is 5.97 Å². The maximum Gasteiger partial charge on any atom is 0.345 e. The monoisotopic (exact) mass is 321 g/mol. The fourth-order valence-corrected chi connectivity index (χ4v) is 3.23. The van der Waals surface area contributed by atoms with Crippen LogP contribution in [0, 0.1) is 0 Å². The summed E-state index contributed by atoms with van der Waals surface area (Å²) in [6, 6.07) is 15.2. The highest BCUT2D eigenvalue weighted by Gasteiger charge is 2.09. The molecule has 0 bridgehead atoms. The average molecular weight is 321 g/mol. The fourth-order valence-electron chi connectivity index (χ4n) is 2.38. The van der Waals surface area contributed by atoms with E-state index in [2.05, 4.69) is 10.1 Å². The predicted octanol–water partition coefficient (Wildman–Crippen LogP) is 3.82. The summed E-state index contributed by atoms with van der Waals surface area (Å²) < 4.78 is 1.74. The number of hydrogen-bond acceptors (Lipinski definition) is 4. The molecule has 0 saturated carbocycles. The third-order valence-electron chi connectivity index (χ3n) is 3.52. The van der Waals surface area contributed by atoms with Crippen molar-refractivity contribution in [3.63, 3.8) is 0 Å². The predicted molar refractivity (Wildman–Crippen MR) is 88.7 cm³/mol. The molecule has 1 aromatic carbocycles. The molecule has 0 unspecified atom stereocenters. The molecule has 0 atom stereocenters. The van der Waals surface area contributed by atoms with Crippen molar-refractivity contribution in [3.8, 4) is 21.7 Å². The number of aromatic carboxylic acids is 1. The summed E-state index contributed by atoms with van der Waals surface area (Å²) in [5.41, 5.74) is 3.64. The molecule has 6 heteroatoms. The number of thiophene rings is 1. The van der Waals surface area contributed by atoms with Gasteiger partial charge in [-0.05, 0) is 23.8 Å². The van der Waals surface area contributed by atoms with E-state index in [1.165, 1.54) is 11.3 Å². The summed E-state index contributed by atoms with van der Waals surface area (Å²) in [6.07, 6.45) is 3.60. The molecule has 3 heterocycles. The summed E-state index contributed by atoms with van der Waals surface area (Å²) in [6.45, 7) is 0. The second kappa shape index (κ2) is 5.33. The molecule has 0 saturated heterocycles. The van der Waals surface area contributed by atoms with Crippen molar-refractivity contribution >= 4 is 23.0 Å². The number of rotatable bonds is 3. The van der Waals surface area contributed by atoms with E-state index in [1.54, 1.807) is 16.8 Å². The Morgan fingerprint density at radius 1 is 1.09 bits per heavy atom. The first-order valence-electron chi connectivity index (χ1n) is 6.95. The Kier molecular flexibility index (Phi) is 3.17. The number of benzene rings is 1. The third kappa shape index (κ3) is 2.49. The molecule has 0 aliphatic carbocycles. The normalized spacial score (nSPS) is 11.0. The number of fused-ring (bicyclic) bond motifs is 1. The van der Waals surface area contributed by atoms with Gasteiger partial charge in [-0.25, -0.2) is 14.3 Å². The Labute approximate surface area is 135 Å². The number of carboxylic acids is 1. The van der Waals surface area contributed by atoms with Crippen molar-refractivity contribution in [2.24, 2.45) is 0 Å². The molecule has 23 heavy (non-hydrogen) atoms. The van der Waals surface area contributed by atoms with E-state index in [-0.39, 0.29) is 0 Å². The minimum absolute atomic E-state index is 0.343. The zero-order valence-electron chi connectivity index (χ0n) is 11.9. The Balaban J connectivity index is 1.68. The van der Waals surface area contributed by atoms with Crippen LogP contribution >= 0.6 is 11.3 Å². The van der Waals surface area contributed by atoms with Gasteiger partial charge in [0, 0.05) is 28.9 Å². The van der Waals surface area contributed by atoms with Gasteiger partial charge in [0.05, 0.1) is 5.69 Å². The first-order valence-corrected chi connectivity index (χ1v) is 7.77. The van der Waals surface area contributed by atoms with E-state index >= 15 is 0 Å². The lowest BCUT2D eigenvalue weighted by Gasteiger charge is -2.00. The van der Waals surface area contributed by atoms with E-state index in [1.807, 2.05) is 48.7 Å². The van der Waals surface area contributed by atoms with Crippen molar-refractivity contribution in [2.75, 3.05) is 0 Å². The average Bonchev–Trinajstić information content (AvgIpc) is 3.22. The molecular weight excluding hydrogens is 310 g/mol. The Hall–Kier alpha value is -2.99. The van der Waals surface area contributed by atoms with Crippen LogP contribution in [0.15, 0.2) is 60.9 Å². The minimum Gasteiger partial charge on any atom is -0.477 e. The molecular formula is C17H11N3O2S. The molecule has 0 amide bonds. The second-order valence-corrected chi connectivity index (χ2v) is 6.08. The van der Waals surface area contributed by atoms with Gasteiger partial charge in [0.25, 0.3) is 0 Å². The highest BCUT2D eigenvalue weighted by Crippen LogP contribution is 2.30. The van der Waals surface area contributed by atoms with Crippen LogP contribution in [0.3, 0.4) is 0 Å². The largest absolute Gasteiger partial charge is 0.477 e. The molecule has 0 aliphatic rings. The molecule has 4 aromatic rings. The van der Waals surface area contributed by atoms with E-state index in [0.29, 0.717) is 4.88 Å². The zero-order valence-corrected chi connectivity index (χ0v) is 12.7. The molecule has 1 N–H and O–H groups in total. The zero-order chi connectivity index (χ0) is 15.8. The SMILES string of the molecule is O=C(O)c1ccc(-c2ccc(-c3cc4ncccn4n3)cc2)s1. The quantitative estimate of drug-likeness (QED) is 0.623. The highest BCUT2D eigenvalue weighted by atomic mass is 32.1. The number of nitrogens with zero attached hydrogens (tertiary/aromatic N) is 3. The highest BCUT2D eigenvalue weighted by molar-refractivity contribution is 7.17. The van der Waals surface area contributed by atoms with Crippen LogP contribution in [-0.2, 0) is 0 Å². The maximum atomic E-state index is 11.0. The van der Waals surface area contributed by atoms with Gasteiger partial charge in [0.15, 0.2) is 5.65 Å². The van der Waals surface area contributed by atoms with Crippen LogP contribution in [0.2, 0.25) is 0 Å². The van der Waals surface area contributed by atoms with Crippen molar-refractivity contribution < 1.29 is 9.90 Å². The topological polar surface area (TPSA) is 67.5 Å². The second-order valence-electron chi connectivity index (χ2n) is 5.00.